The molecule has 0 saturated carbocycles. The van der Waals surface area contributed by atoms with Crippen molar-refractivity contribution < 1.29 is 4.79 Å². The van der Waals surface area contributed by atoms with Crippen LogP contribution < -0.4 is 21.9 Å². The maximum absolute atomic E-state index is 12.0. The predicted molar refractivity (Wildman–Crippen MR) is 95.9 cm³/mol. The summed E-state index contributed by atoms with van der Waals surface area (Å²) in [7, 11) is 0. The quantitative estimate of drug-likeness (QED) is 0.785. The zero-order valence-corrected chi connectivity index (χ0v) is 15.1. The summed E-state index contributed by atoms with van der Waals surface area (Å²) in [6, 6.07) is 3.17. The average molecular weight is 345 g/mol. The Balaban J connectivity index is 2.12. The number of aryl methyl sites for hydroxylation is 2. The number of pyridine rings is 1. The van der Waals surface area contributed by atoms with Crippen LogP contribution in [0.5, 0.6) is 0 Å². The van der Waals surface area contributed by atoms with Gasteiger partial charge in [-0.1, -0.05) is 0 Å². The van der Waals surface area contributed by atoms with Crippen LogP contribution in [0.2, 0.25) is 0 Å². The largest absolute Gasteiger partial charge is 0.333 e. The molecule has 2 rings (SSSR count). The van der Waals surface area contributed by atoms with E-state index in [0.717, 1.165) is 11.3 Å². The minimum absolute atomic E-state index is 0.0116. The first-order valence-electron chi connectivity index (χ1n) is 7.92. The van der Waals surface area contributed by atoms with E-state index in [1.54, 1.807) is 6.07 Å². The Morgan fingerprint density at radius 2 is 1.92 bits per heavy atom. The van der Waals surface area contributed by atoms with Gasteiger partial charge in [-0.05, 0) is 52.3 Å². The van der Waals surface area contributed by atoms with Crippen LogP contribution in [-0.2, 0) is 12.1 Å². The highest BCUT2D eigenvalue weighted by Crippen LogP contribution is 2.10. The predicted octanol–water partition coefficient (Wildman–Crippen LogP) is 1.63. The number of H-pyrrole nitrogens is 1. The van der Waals surface area contributed by atoms with Crippen molar-refractivity contribution in [2.24, 2.45) is 0 Å². The zero-order chi connectivity index (χ0) is 18.8. The van der Waals surface area contributed by atoms with Crippen LogP contribution in [0.4, 0.5) is 10.6 Å². The van der Waals surface area contributed by atoms with E-state index >= 15 is 0 Å². The fourth-order valence-electron chi connectivity index (χ4n) is 2.38. The number of hydrogen-bond acceptors (Lipinski definition) is 4. The van der Waals surface area contributed by atoms with Crippen molar-refractivity contribution in [1.82, 2.24) is 19.9 Å². The van der Waals surface area contributed by atoms with Crippen molar-refractivity contribution >= 4 is 11.8 Å². The van der Waals surface area contributed by atoms with E-state index in [9.17, 15) is 14.4 Å². The molecular weight excluding hydrogens is 322 g/mol. The molecule has 2 aromatic heterocycles. The van der Waals surface area contributed by atoms with Gasteiger partial charge in [0.15, 0.2) is 0 Å². The molecule has 0 aliphatic rings. The lowest BCUT2D eigenvalue weighted by Gasteiger charge is -2.22. The molecule has 3 N–H and O–H groups in total. The standard InChI is InChI=1S/C17H23N5O3/c1-10-6-11(2)19-13(7-10)20-15(24)18-8-12-9-22(17(3,4)5)16(25)21-14(12)23/h6-7,9H,8H2,1-5H3,(H,21,23,25)(H2,18,19,20,24). The maximum Gasteiger partial charge on any atom is 0.328 e. The number of carbonyl (C=O) groups excluding carboxylic acids is 1. The Bertz CT molecular complexity index is 885. The lowest BCUT2D eigenvalue weighted by molar-refractivity contribution is 0.251. The number of hydrogen-bond donors (Lipinski definition) is 3. The van der Waals surface area contributed by atoms with Gasteiger partial charge >= 0.3 is 11.7 Å². The Hall–Kier alpha value is -2.90. The Morgan fingerprint density at radius 1 is 1.24 bits per heavy atom. The lowest BCUT2D eigenvalue weighted by atomic mass is 10.1. The Morgan fingerprint density at radius 3 is 2.52 bits per heavy atom. The molecule has 2 amide bonds. The number of rotatable bonds is 3. The van der Waals surface area contributed by atoms with Gasteiger partial charge < -0.3 is 5.32 Å². The molecule has 0 bridgehead atoms. The van der Waals surface area contributed by atoms with Crippen LogP contribution >= 0.6 is 0 Å². The first-order chi connectivity index (χ1) is 11.6. The molecule has 134 valence electrons. The van der Waals surface area contributed by atoms with E-state index in [1.165, 1.54) is 10.8 Å². The summed E-state index contributed by atoms with van der Waals surface area (Å²) in [4.78, 5) is 42.3. The van der Waals surface area contributed by atoms with Crippen molar-refractivity contribution in [3.63, 3.8) is 0 Å². The molecular formula is C17H23N5O3. The van der Waals surface area contributed by atoms with E-state index in [1.807, 2.05) is 40.7 Å². The molecule has 0 aliphatic heterocycles. The summed E-state index contributed by atoms with van der Waals surface area (Å²) < 4.78 is 1.43. The first kappa shape index (κ1) is 18.4. The van der Waals surface area contributed by atoms with Crippen molar-refractivity contribution in [3.8, 4) is 0 Å². The van der Waals surface area contributed by atoms with Crippen LogP contribution in [0.1, 0.15) is 37.6 Å². The molecule has 0 spiro atoms. The minimum Gasteiger partial charge on any atom is -0.333 e. The third kappa shape index (κ3) is 4.79. The monoisotopic (exact) mass is 345 g/mol. The summed E-state index contributed by atoms with van der Waals surface area (Å²) in [5.41, 5.74) is 0.584. The topological polar surface area (TPSA) is 109 Å². The van der Waals surface area contributed by atoms with E-state index in [4.69, 9.17) is 0 Å². The molecule has 0 unspecified atom stereocenters. The van der Waals surface area contributed by atoms with Crippen LogP contribution in [-0.4, -0.2) is 20.6 Å². The number of carbonyl (C=O) groups is 1. The second-order valence-corrected chi connectivity index (χ2v) is 6.93. The smallest absolute Gasteiger partial charge is 0.328 e. The molecule has 8 nitrogen and oxygen atoms in total. The Labute approximate surface area is 145 Å². The summed E-state index contributed by atoms with van der Waals surface area (Å²) in [5.74, 6) is 0.434. The normalized spacial score (nSPS) is 11.2. The average Bonchev–Trinajstić information content (AvgIpc) is 2.43. The van der Waals surface area contributed by atoms with Crippen molar-refractivity contribution in [1.29, 1.82) is 0 Å². The van der Waals surface area contributed by atoms with Crippen molar-refractivity contribution in [2.75, 3.05) is 5.32 Å². The summed E-state index contributed by atoms with van der Waals surface area (Å²) >= 11 is 0. The van der Waals surface area contributed by atoms with Gasteiger partial charge in [-0.15, -0.1) is 0 Å². The lowest BCUT2D eigenvalue weighted by Crippen LogP contribution is -2.41. The van der Waals surface area contributed by atoms with E-state index in [2.05, 4.69) is 20.6 Å². The summed E-state index contributed by atoms with van der Waals surface area (Å²) in [5, 5.41) is 5.23. The molecule has 25 heavy (non-hydrogen) atoms. The second kappa shape index (κ2) is 6.92. The van der Waals surface area contributed by atoms with Crippen molar-refractivity contribution in [3.05, 3.63) is 56.0 Å². The molecule has 0 fully saturated rings. The molecule has 8 heteroatoms. The third-order valence-electron chi connectivity index (χ3n) is 3.52. The number of anilines is 1. The molecule has 0 atom stereocenters. The van der Waals surface area contributed by atoms with Crippen molar-refractivity contribution in [2.45, 2.75) is 46.7 Å². The number of nitrogens with one attached hydrogen (secondary N) is 3. The minimum atomic E-state index is -0.518. The van der Waals surface area contributed by atoms with Crippen LogP contribution in [0, 0.1) is 13.8 Å². The summed E-state index contributed by atoms with van der Waals surface area (Å²) in [6.07, 6.45) is 1.47. The second-order valence-electron chi connectivity index (χ2n) is 6.93. The van der Waals surface area contributed by atoms with Gasteiger partial charge in [0.2, 0.25) is 0 Å². The van der Waals surface area contributed by atoms with Crippen LogP contribution in [0.3, 0.4) is 0 Å². The fraction of sp³-hybridized carbons (Fsp3) is 0.412. The highest BCUT2D eigenvalue weighted by atomic mass is 16.2. The van der Waals surface area contributed by atoms with E-state index in [-0.39, 0.29) is 12.1 Å². The van der Waals surface area contributed by atoms with E-state index < -0.39 is 22.8 Å². The number of aromatic nitrogens is 3. The fourth-order valence-corrected chi connectivity index (χ4v) is 2.38. The zero-order valence-electron chi connectivity index (χ0n) is 15.1. The number of urea groups is 1. The molecule has 2 aromatic rings. The third-order valence-corrected chi connectivity index (χ3v) is 3.52. The molecule has 0 radical (unpaired) electrons. The van der Waals surface area contributed by atoms with Gasteiger partial charge in [0.25, 0.3) is 5.56 Å². The van der Waals surface area contributed by atoms with Gasteiger partial charge in [0, 0.05) is 17.4 Å². The van der Waals surface area contributed by atoms with Gasteiger partial charge in [-0.25, -0.2) is 14.6 Å². The number of aromatic amines is 1. The number of nitrogens with zero attached hydrogens (tertiary/aromatic N) is 2. The van der Waals surface area contributed by atoms with Gasteiger partial charge in [-0.3, -0.25) is 19.7 Å². The highest BCUT2D eigenvalue weighted by Gasteiger charge is 2.17. The highest BCUT2D eigenvalue weighted by molar-refractivity contribution is 5.88. The first-order valence-corrected chi connectivity index (χ1v) is 7.92. The van der Waals surface area contributed by atoms with E-state index in [0.29, 0.717) is 5.82 Å². The van der Waals surface area contributed by atoms with Crippen LogP contribution in [0.15, 0.2) is 27.9 Å². The summed E-state index contributed by atoms with van der Waals surface area (Å²) in [6.45, 7) is 9.29. The maximum atomic E-state index is 12.0. The van der Waals surface area contributed by atoms with Gasteiger partial charge in [-0.2, -0.15) is 0 Å². The molecule has 2 heterocycles. The molecule has 0 aliphatic carbocycles. The number of amides is 2. The molecule has 0 aromatic carbocycles. The SMILES string of the molecule is Cc1cc(C)nc(NC(=O)NCc2cn(C(C)(C)C)c(=O)[nH]c2=O)c1. The molecule has 0 saturated heterocycles. The van der Waals surface area contributed by atoms with Gasteiger partial charge in [0.05, 0.1) is 12.1 Å². The van der Waals surface area contributed by atoms with Crippen LogP contribution in [0.25, 0.3) is 0 Å². The van der Waals surface area contributed by atoms with Gasteiger partial charge in [0.1, 0.15) is 5.82 Å². The Kier molecular flexibility index (Phi) is 5.10.